The van der Waals surface area contributed by atoms with E-state index in [1.54, 1.807) is 0 Å². The largest absolute Gasteiger partial charge is 0.495 e. The lowest BCUT2D eigenvalue weighted by Gasteiger charge is -2.32. The molecule has 11 aromatic rings. The maximum atomic E-state index is 6.87. The van der Waals surface area contributed by atoms with E-state index in [0.29, 0.717) is 0 Å². The Bertz CT molecular complexity index is 3730. The van der Waals surface area contributed by atoms with Crippen LogP contribution in [0.3, 0.4) is 0 Å². The monoisotopic (exact) mass is 817 g/mol. The number of hydrogen-bond donors (Lipinski definition) is 0. The number of furan rings is 2. The van der Waals surface area contributed by atoms with Gasteiger partial charge in [-0.05, 0) is 121 Å². The maximum absolute atomic E-state index is 6.87. The third-order valence-electron chi connectivity index (χ3n) is 14.7. The van der Waals surface area contributed by atoms with Gasteiger partial charge in [-0.1, -0.05) is 117 Å². The van der Waals surface area contributed by atoms with E-state index in [1.807, 2.05) is 12.1 Å². The molecule has 0 spiro atoms. The van der Waals surface area contributed by atoms with Gasteiger partial charge in [0.1, 0.15) is 22.3 Å². The first kappa shape index (κ1) is 36.8. The van der Waals surface area contributed by atoms with Crippen molar-refractivity contribution in [1.29, 1.82) is 0 Å². The minimum atomic E-state index is -0.509. The van der Waals surface area contributed by atoms with E-state index in [1.165, 1.54) is 49.7 Å². The SMILES string of the molecule is CC1(C)c2ccccc2-c2c(-n3c4ccccc4c4cc(-c5ccc6c(c5)oc5c(-c7ccc8oc9cccc(B%10OC(C)(C)C(C)(C)O%10)c9c8c7)cccc56)ccc43)cccc21. The van der Waals surface area contributed by atoms with Crippen molar-refractivity contribution in [3.8, 4) is 39.1 Å². The van der Waals surface area contributed by atoms with Crippen LogP contribution >= 0.6 is 0 Å². The number of para-hydroxylation sites is 2. The molecule has 0 unspecified atom stereocenters. The molecule has 0 bridgehead atoms. The van der Waals surface area contributed by atoms with Gasteiger partial charge in [0, 0.05) is 48.9 Å². The number of rotatable bonds is 4. The molecule has 0 N–H and O–H groups in total. The van der Waals surface area contributed by atoms with Crippen LogP contribution < -0.4 is 5.46 Å². The van der Waals surface area contributed by atoms with Gasteiger partial charge >= 0.3 is 7.12 Å². The Morgan fingerprint density at radius 2 is 1.11 bits per heavy atom. The van der Waals surface area contributed by atoms with Gasteiger partial charge in [-0.15, -0.1) is 0 Å². The minimum Gasteiger partial charge on any atom is -0.456 e. The summed E-state index contributed by atoms with van der Waals surface area (Å²) in [6, 6.07) is 57.1. The van der Waals surface area contributed by atoms with Crippen LogP contribution in [0.5, 0.6) is 0 Å². The molecule has 1 fully saturated rings. The smallest absolute Gasteiger partial charge is 0.456 e. The van der Waals surface area contributed by atoms with E-state index in [0.717, 1.165) is 71.6 Å². The van der Waals surface area contributed by atoms with Crippen LogP contribution in [0.2, 0.25) is 0 Å². The Kier molecular flexibility index (Phi) is 7.37. The van der Waals surface area contributed by atoms with Crippen LogP contribution in [0, 0.1) is 0 Å². The Morgan fingerprint density at radius 3 is 1.98 bits per heavy atom. The van der Waals surface area contributed by atoms with Crippen molar-refractivity contribution in [3.63, 3.8) is 0 Å². The molecule has 0 saturated carbocycles. The summed E-state index contributed by atoms with van der Waals surface area (Å²) in [7, 11) is -0.509. The first-order chi connectivity index (χ1) is 30.5. The molecule has 4 heterocycles. The molecule has 5 nitrogen and oxygen atoms in total. The highest BCUT2D eigenvalue weighted by atomic mass is 16.7. The molecule has 1 saturated heterocycles. The third-order valence-corrected chi connectivity index (χ3v) is 14.7. The predicted octanol–water partition coefficient (Wildman–Crippen LogP) is 14.5. The Balaban J connectivity index is 0.921. The second-order valence-corrected chi connectivity index (χ2v) is 19.1. The lowest BCUT2D eigenvalue weighted by Crippen LogP contribution is -2.41. The highest BCUT2D eigenvalue weighted by Gasteiger charge is 2.52. The normalized spacial score (nSPS) is 16.3. The van der Waals surface area contributed by atoms with Crippen LogP contribution in [0.1, 0.15) is 52.7 Å². The van der Waals surface area contributed by atoms with E-state index in [9.17, 15) is 0 Å². The molecule has 6 heteroatoms. The van der Waals surface area contributed by atoms with E-state index < -0.39 is 18.3 Å². The lowest BCUT2D eigenvalue weighted by molar-refractivity contribution is 0.00578. The van der Waals surface area contributed by atoms with Gasteiger partial charge in [0.15, 0.2) is 0 Å². The molecule has 2 aliphatic rings. The van der Waals surface area contributed by atoms with Crippen molar-refractivity contribution in [3.05, 3.63) is 169 Å². The summed E-state index contributed by atoms with van der Waals surface area (Å²) in [5.74, 6) is 0. The van der Waals surface area contributed by atoms with Crippen LogP contribution in [0.4, 0.5) is 0 Å². The summed E-state index contributed by atoms with van der Waals surface area (Å²) in [5, 5.41) is 6.66. The van der Waals surface area contributed by atoms with Gasteiger partial charge < -0.3 is 22.7 Å². The predicted molar refractivity (Wildman–Crippen MR) is 259 cm³/mol. The lowest BCUT2D eigenvalue weighted by atomic mass is 9.76. The van der Waals surface area contributed by atoms with Gasteiger partial charge in [0.25, 0.3) is 0 Å². The molecule has 8 aromatic carbocycles. The fraction of sp³-hybridized carbons (Fsp3) is 0.158. The summed E-state index contributed by atoms with van der Waals surface area (Å²) >= 11 is 0. The zero-order chi connectivity index (χ0) is 42.6. The summed E-state index contributed by atoms with van der Waals surface area (Å²) in [5.41, 5.74) is 16.7. The maximum Gasteiger partial charge on any atom is 0.495 e. The molecule has 13 rings (SSSR count). The van der Waals surface area contributed by atoms with Crippen molar-refractivity contribution < 1.29 is 18.1 Å². The molecule has 304 valence electrons. The summed E-state index contributed by atoms with van der Waals surface area (Å²) in [6.45, 7) is 13.0. The van der Waals surface area contributed by atoms with Gasteiger partial charge in [-0.2, -0.15) is 0 Å². The number of hydrogen-bond acceptors (Lipinski definition) is 4. The highest BCUT2D eigenvalue weighted by Crippen LogP contribution is 2.52. The van der Waals surface area contributed by atoms with Crippen LogP contribution in [-0.4, -0.2) is 22.9 Å². The number of fused-ring (bicyclic) bond motifs is 12. The van der Waals surface area contributed by atoms with Crippen molar-refractivity contribution >= 4 is 78.3 Å². The Labute approximate surface area is 365 Å². The van der Waals surface area contributed by atoms with Crippen LogP contribution in [0.15, 0.2) is 167 Å². The summed E-state index contributed by atoms with van der Waals surface area (Å²) in [4.78, 5) is 0. The third kappa shape index (κ3) is 5.08. The van der Waals surface area contributed by atoms with Gasteiger partial charge in [0.2, 0.25) is 0 Å². The molecule has 63 heavy (non-hydrogen) atoms. The Hall–Kier alpha value is -6.86. The topological polar surface area (TPSA) is 49.7 Å². The molecule has 0 radical (unpaired) electrons. The van der Waals surface area contributed by atoms with Crippen LogP contribution in [-0.2, 0) is 14.7 Å². The highest BCUT2D eigenvalue weighted by molar-refractivity contribution is 6.66. The fourth-order valence-electron chi connectivity index (χ4n) is 10.7. The Morgan fingerprint density at radius 1 is 0.444 bits per heavy atom. The van der Waals surface area contributed by atoms with Crippen molar-refractivity contribution in [2.24, 2.45) is 0 Å². The fourth-order valence-corrected chi connectivity index (χ4v) is 10.7. The minimum absolute atomic E-state index is 0.0771. The van der Waals surface area contributed by atoms with Gasteiger partial charge in [-0.25, -0.2) is 0 Å². The quantitative estimate of drug-likeness (QED) is 0.166. The molecular weight excluding hydrogens is 773 g/mol. The van der Waals surface area contributed by atoms with E-state index in [4.69, 9.17) is 18.1 Å². The van der Waals surface area contributed by atoms with E-state index in [-0.39, 0.29) is 5.41 Å². The number of aromatic nitrogens is 1. The van der Waals surface area contributed by atoms with E-state index in [2.05, 4.69) is 192 Å². The molecule has 1 aliphatic heterocycles. The standard InChI is InChI=1S/C57H44BNO4/c1-55(2)43-18-9-7-15-40(43)52-44(55)19-12-22-48(52)59-46-21-10-8-14-37(46)41-30-33(25-28-47(41)59)34-24-27-38-39-17-11-16-36(54(39)61-51(38)32-34)35-26-29-49-42(31-35)53-45(20-13-23-50(53)60-49)58-62-56(3,4)57(5,6)63-58/h7-32H,1-6H3. The molecule has 0 amide bonds. The zero-order valence-corrected chi connectivity index (χ0v) is 36.2. The van der Waals surface area contributed by atoms with E-state index >= 15 is 0 Å². The zero-order valence-electron chi connectivity index (χ0n) is 36.2. The number of benzene rings is 8. The molecule has 3 aromatic heterocycles. The average Bonchev–Trinajstić information content (AvgIpc) is 4.06. The second-order valence-electron chi connectivity index (χ2n) is 19.1. The molecular formula is C57H44BNO4. The molecule has 0 atom stereocenters. The second kappa shape index (κ2) is 12.6. The first-order valence-electron chi connectivity index (χ1n) is 22.0. The number of nitrogens with zero attached hydrogens (tertiary/aromatic N) is 1. The van der Waals surface area contributed by atoms with Crippen molar-refractivity contribution in [2.45, 2.75) is 58.2 Å². The van der Waals surface area contributed by atoms with Crippen molar-refractivity contribution in [1.82, 2.24) is 4.57 Å². The summed E-state index contributed by atoms with van der Waals surface area (Å²) in [6.07, 6.45) is 0. The average molecular weight is 818 g/mol. The van der Waals surface area contributed by atoms with Gasteiger partial charge in [0.05, 0.1) is 27.9 Å². The molecule has 1 aliphatic carbocycles. The first-order valence-corrected chi connectivity index (χ1v) is 22.0. The summed E-state index contributed by atoms with van der Waals surface area (Å²) < 4.78 is 28.8. The van der Waals surface area contributed by atoms with Crippen molar-refractivity contribution in [2.75, 3.05) is 0 Å². The van der Waals surface area contributed by atoms with Crippen LogP contribution in [0.25, 0.3) is 105 Å². The van der Waals surface area contributed by atoms with Gasteiger partial charge in [-0.3, -0.25) is 0 Å².